The number of hydrogen-bond donors (Lipinski definition) is 0. The fraction of sp³-hybridized carbons (Fsp3) is 0.300. The van der Waals surface area contributed by atoms with Crippen LogP contribution in [0.3, 0.4) is 0 Å². The van der Waals surface area contributed by atoms with Gasteiger partial charge >= 0.3 is 0 Å². The van der Waals surface area contributed by atoms with E-state index in [4.69, 9.17) is 14.2 Å². The van der Waals surface area contributed by atoms with Crippen LogP contribution in [0, 0.1) is 0 Å². The summed E-state index contributed by atoms with van der Waals surface area (Å²) in [5.74, 6) is 0. The average molecular weight is 310 g/mol. The van der Waals surface area contributed by atoms with Crippen LogP contribution in [-0.4, -0.2) is 25.4 Å². The van der Waals surface area contributed by atoms with Gasteiger partial charge in [-0.2, -0.15) is 0 Å². The summed E-state index contributed by atoms with van der Waals surface area (Å²) in [6.07, 6.45) is 4.15. The SMILES string of the molecule is C1=C[C@H](COCc2ccccc2)O[C@H]1COCc1ccccc1. The molecule has 3 nitrogen and oxygen atoms in total. The summed E-state index contributed by atoms with van der Waals surface area (Å²) in [5, 5.41) is 0. The first-order valence-corrected chi connectivity index (χ1v) is 7.97. The van der Waals surface area contributed by atoms with Gasteiger partial charge in [0.05, 0.1) is 38.6 Å². The molecule has 0 fully saturated rings. The van der Waals surface area contributed by atoms with Gasteiger partial charge in [-0.1, -0.05) is 72.8 Å². The Morgan fingerprint density at radius 2 is 1.09 bits per heavy atom. The molecule has 3 heteroatoms. The lowest BCUT2D eigenvalue weighted by Gasteiger charge is -2.15. The first-order chi connectivity index (χ1) is 11.4. The molecule has 0 N–H and O–H groups in total. The van der Waals surface area contributed by atoms with Gasteiger partial charge in [0.25, 0.3) is 0 Å². The Labute approximate surface area is 137 Å². The Kier molecular flexibility index (Phi) is 5.98. The Balaban J connectivity index is 1.31. The van der Waals surface area contributed by atoms with Crippen molar-refractivity contribution < 1.29 is 14.2 Å². The molecule has 120 valence electrons. The van der Waals surface area contributed by atoms with E-state index in [0.717, 1.165) is 0 Å². The summed E-state index contributed by atoms with van der Waals surface area (Å²) in [7, 11) is 0. The van der Waals surface area contributed by atoms with Crippen molar-refractivity contribution in [3.8, 4) is 0 Å². The van der Waals surface area contributed by atoms with E-state index in [1.807, 2.05) is 36.4 Å². The molecule has 0 saturated carbocycles. The first kappa shape index (κ1) is 15.9. The topological polar surface area (TPSA) is 27.7 Å². The third kappa shape index (κ3) is 5.32. The van der Waals surface area contributed by atoms with E-state index in [2.05, 4.69) is 36.4 Å². The van der Waals surface area contributed by atoms with Crippen LogP contribution in [0.2, 0.25) is 0 Å². The predicted octanol–water partition coefficient (Wildman–Crippen LogP) is 3.74. The Bertz CT molecular complexity index is 541. The van der Waals surface area contributed by atoms with Crippen LogP contribution in [0.5, 0.6) is 0 Å². The standard InChI is InChI=1S/C20H22O3/c1-3-7-17(8-4-1)13-21-15-19-11-12-20(23-19)16-22-14-18-9-5-2-6-10-18/h1-12,19-20H,13-16H2/t19-,20-/m1/s1. The minimum Gasteiger partial charge on any atom is -0.374 e. The van der Waals surface area contributed by atoms with E-state index in [0.29, 0.717) is 26.4 Å². The number of rotatable bonds is 8. The molecular weight excluding hydrogens is 288 g/mol. The molecule has 2 aromatic carbocycles. The fourth-order valence-electron chi connectivity index (χ4n) is 2.49. The number of benzene rings is 2. The van der Waals surface area contributed by atoms with Crippen LogP contribution in [0.4, 0.5) is 0 Å². The number of hydrogen-bond acceptors (Lipinski definition) is 3. The third-order valence-corrected chi connectivity index (χ3v) is 3.68. The van der Waals surface area contributed by atoms with E-state index < -0.39 is 0 Å². The smallest absolute Gasteiger partial charge is 0.0999 e. The van der Waals surface area contributed by atoms with Crippen LogP contribution >= 0.6 is 0 Å². The Morgan fingerprint density at radius 3 is 1.52 bits per heavy atom. The quantitative estimate of drug-likeness (QED) is 0.695. The maximum absolute atomic E-state index is 5.88. The molecule has 1 aliphatic rings. The van der Waals surface area contributed by atoms with Crippen molar-refractivity contribution in [1.82, 2.24) is 0 Å². The average Bonchev–Trinajstić information content (AvgIpc) is 3.05. The lowest BCUT2D eigenvalue weighted by molar-refractivity contribution is -0.0408. The van der Waals surface area contributed by atoms with Crippen molar-refractivity contribution in [2.75, 3.05) is 13.2 Å². The summed E-state index contributed by atoms with van der Waals surface area (Å²) in [6, 6.07) is 20.3. The molecule has 23 heavy (non-hydrogen) atoms. The van der Waals surface area contributed by atoms with Gasteiger partial charge in [-0.05, 0) is 11.1 Å². The van der Waals surface area contributed by atoms with Gasteiger partial charge in [0, 0.05) is 0 Å². The Morgan fingerprint density at radius 1 is 0.652 bits per heavy atom. The highest BCUT2D eigenvalue weighted by molar-refractivity contribution is 5.14. The molecule has 1 aliphatic heterocycles. The monoisotopic (exact) mass is 310 g/mol. The van der Waals surface area contributed by atoms with E-state index in [1.54, 1.807) is 0 Å². The van der Waals surface area contributed by atoms with Gasteiger partial charge in [0.15, 0.2) is 0 Å². The highest BCUT2D eigenvalue weighted by Gasteiger charge is 2.19. The zero-order valence-electron chi connectivity index (χ0n) is 13.1. The van der Waals surface area contributed by atoms with Crippen molar-refractivity contribution in [2.24, 2.45) is 0 Å². The van der Waals surface area contributed by atoms with E-state index in [1.165, 1.54) is 11.1 Å². The molecular formula is C20H22O3. The summed E-state index contributed by atoms with van der Waals surface area (Å²) < 4.78 is 17.3. The van der Waals surface area contributed by atoms with Gasteiger partial charge in [-0.3, -0.25) is 0 Å². The summed E-state index contributed by atoms with van der Waals surface area (Å²) >= 11 is 0. The maximum atomic E-state index is 5.88. The molecule has 0 aromatic heterocycles. The fourth-order valence-corrected chi connectivity index (χ4v) is 2.49. The molecule has 0 saturated heterocycles. The third-order valence-electron chi connectivity index (χ3n) is 3.68. The lowest BCUT2D eigenvalue weighted by Crippen LogP contribution is -2.21. The van der Waals surface area contributed by atoms with E-state index in [-0.39, 0.29) is 12.2 Å². The van der Waals surface area contributed by atoms with Gasteiger partial charge < -0.3 is 14.2 Å². The first-order valence-electron chi connectivity index (χ1n) is 7.97. The normalized spacial score (nSPS) is 20.0. The largest absolute Gasteiger partial charge is 0.374 e. The molecule has 0 radical (unpaired) electrons. The summed E-state index contributed by atoms with van der Waals surface area (Å²) in [4.78, 5) is 0. The number of ether oxygens (including phenoxy) is 3. The van der Waals surface area contributed by atoms with Crippen LogP contribution in [-0.2, 0) is 27.4 Å². The molecule has 0 aliphatic carbocycles. The Hall–Kier alpha value is -1.94. The zero-order valence-corrected chi connectivity index (χ0v) is 13.1. The molecule has 1 heterocycles. The summed E-state index contributed by atoms with van der Waals surface area (Å²) in [6.45, 7) is 2.37. The minimum atomic E-state index is 0.0176. The van der Waals surface area contributed by atoms with Gasteiger partial charge in [-0.15, -0.1) is 0 Å². The second kappa shape index (κ2) is 8.63. The maximum Gasteiger partial charge on any atom is 0.0999 e. The lowest BCUT2D eigenvalue weighted by atomic mass is 10.2. The van der Waals surface area contributed by atoms with Gasteiger partial charge in [0.2, 0.25) is 0 Å². The second-order valence-corrected chi connectivity index (χ2v) is 5.60. The van der Waals surface area contributed by atoms with Crippen molar-refractivity contribution in [3.63, 3.8) is 0 Å². The van der Waals surface area contributed by atoms with Gasteiger partial charge in [0.1, 0.15) is 0 Å². The summed E-state index contributed by atoms with van der Waals surface area (Å²) in [5.41, 5.74) is 2.36. The van der Waals surface area contributed by atoms with Crippen LogP contribution in [0.25, 0.3) is 0 Å². The molecule has 2 aromatic rings. The van der Waals surface area contributed by atoms with E-state index in [9.17, 15) is 0 Å². The highest BCUT2D eigenvalue weighted by Crippen LogP contribution is 2.14. The van der Waals surface area contributed by atoms with Crippen molar-refractivity contribution in [1.29, 1.82) is 0 Å². The van der Waals surface area contributed by atoms with Crippen LogP contribution < -0.4 is 0 Å². The van der Waals surface area contributed by atoms with Crippen molar-refractivity contribution >= 4 is 0 Å². The van der Waals surface area contributed by atoms with Crippen LogP contribution in [0.15, 0.2) is 72.8 Å². The van der Waals surface area contributed by atoms with Crippen LogP contribution in [0.1, 0.15) is 11.1 Å². The highest BCUT2D eigenvalue weighted by atomic mass is 16.6. The minimum absolute atomic E-state index is 0.0176. The zero-order chi connectivity index (χ0) is 15.7. The van der Waals surface area contributed by atoms with Gasteiger partial charge in [-0.25, -0.2) is 0 Å². The predicted molar refractivity (Wildman–Crippen MR) is 90.0 cm³/mol. The molecule has 2 atom stereocenters. The van der Waals surface area contributed by atoms with Crippen molar-refractivity contribution in [2.45, 2.75) is 25.4 Å². The molecule has 0 unspecified atom stereocenters. The van der Waals surface area contributed by atoms with Crippen molar-refractivity contribution in [3.05, 3.63) is 83.9 Å². The molecule has 0 spiro atoms. The molecule has 0 amide bonds. The molecule has 0 bridgehead atoms. The second-order valence-electron chi connectivity index (χ2n) is 5.60. The van der Waals surface area contributed by atoms with E-state index >= 15 is 0 Å². The molecule has 3 rings (SSSR count).